The van der Waals surface area contributed by atoms with Crippen LogP contribution in [0.1, 0.15) is 18.2 Å². The molecule has 1 saturated heterocycles. The minimum Gasteiger partial charge on any atom is -0.504 e. The van der Waals surface area contributed by atoms with Crippen LogP contribution in [0.25, 0.3) is 11.2 Å². The van der Waals surface area contributed by atoms with E-state index in [4.69, 9.17) is 9.47 Å². The lowest BCUT2D eigenvalue weighted by Crippen LogP contribution is -2.24. The Labute approximate surface area is 160 Å². The highest BCUT2D eigenvalue weighted by Crippen LogP contribution is 2.32. The molecule has 28 heavy (non-hydrogen) atoms. The fourth-order valence-electron chi connectivity index (χ4n) is 3.26. The highest BCUT2D eigenvalue weighted by atomic mass is 16.5. The molecule has 1 aliphatic rings. The largest absolute Gasteiger partial charge is 0.504 e. The second-order valence-corrected chi connectivity index (χ2v) is 6.52. The Morgan fingerprint density at radius 3 is 2.93 bits per heavy atom. The fourth-order valence-corrected chi connectivity index (χ4v) is 3.26. The van der Waals surface area contributed by atoms with Crippen LogP contribution in [0.5, 0.6) is 11.5 Å². The van der Waals surface area contributed by atoms with Crippen molar-refractivity contribution in [2.75, 3.05) is 19.0 Å². The first-order valence-corrected chi connectivity index (χ1v) is 8.82. The van der Waals surface area contributed by atoms with Crippen molar-refractivity contribution in [2.45, 2.75) is 31.4 Å². The normalized spacial score (nSPS) is 21.9. The number of phenolic OH excluding ortho intramolecular Hbond substituents is 1. The summed E-state index contributed by atoms with van der Waals surface area (Å²) in [7, 11) is 1.50. The monoisotopic (exact) mass is 387 g/mol. The SMILES string of the molecule is COc1cc(CNc2ncnc3c2ncn3[C@H]2C[C@H](O)[C@@H](CO)O2)ccc1O. The Morgan fingerprint density at radius 1 is 1.32 bits per heavy atom. The molecule has 3 aromatic rings. The van der Waals surface area contributed by atoms with Gasteiger partial charge in [0, 0.05) is 13.0 Å². The van der Waals surface area contributed by atoms with Crippen LogP contribution in [-0.4, -0.2) is 60.8 Å². The van der Waals surface area contributed by atoms with Crippen LogP contribution in [0, 0.1) is 0 Å². The number of aromatic hydroxyl groups is 1. The summed E-state index contributed by atoms with van der Waals surface area (Å²) in [6, 6.07) is 5.09. The van der Waals surface area contributed by atoms with Gasteiger partial charge in [0.2, 0.25) is 0 Å². The second-order valence-electron chi connectivity index (χ2n) is 6.52. The van der Waals surface area contributed by atoms with E-state index >= 15 is 0 Å². The number of anilines is 1. The smallest absolute Gasteiger partial charge is 0.167 e. The Kier molecular flexibility index (Phi) is 4.99. The predicted octanol–water partition coefficient (Wildman–Crippen LogP) is 0.793. The van der Waals surface area contributed by atoms with Gasteiger partial charge in [-0.3, -0.25) is 4.57 Å². The number of rotatable bonds is 6. The molecule has 0 bridgehead atoms. The van der Waals surface area contributed by atoms with Crippen LogP contribution < -0.4 is 10.1 Å². The van der Waals surface area contributed by atoms with E-state index in [9.17, 15) is 15.3 Å². The summed E-state index contributed by atoms with van der Waals surface area (Å²) >= 11 is 0. The van der Waals surface area contributed by atoms with E-state index in [1.165, 1.54) is 13.4 Å². The molecule has 10 heteroatoms. The van der Waals surface area contributed by atoms with Crippen LogP contribution in [0.3, 0.4) is 0 Å². The highest BCUT2D eigenvalue weighted by Gasteiger charge is 2.35. The summed E-state index contributed by atoms with van der Waals surface area (Å²) in [6.45, 7) is 0.197. The number of hydrogen-bond donors (Lipinski definition) is 4. The van der Waals surface area contributed by atoms with Gasteiger partial charge in [-0.15, -0.1) is 0 Å². The molecule has 0 aliphatic carbocycles. The molecular weight excluding hydrogens is 366 g/mol. The van der Waals surface area contributed by atoms with Crippen LogP contribution in [-0.2, 0) is 11.3 Å². The number of methoxy groups -OCH3 is 1. The van der Waals surface area contributed by atoms with E-state index in [0.717, 1.165) is 5.56 Å². The third-order valence-electron chi connectivity index (χ3n) is 4.76. The lowest BCUT2D eigenvalue weighted by Gasteiger charge is -2.13. The van der Waals surface area contributed by atoms with E-state index in [1.54, 1.807) is 29.1 Å². The minimum atomic E-state index is -0.739. The average Bonchev–Trinajstić information content (AvgIpc) is 3.30. The topological polar surface area (TPSA) is 135 Å². The van der Waals surface area contributed by atoms with E-state index < -0.39 is 18.4 Å². The first kappa shape index (κ1) is 18.4. The first-order chi connectivity index (χ1) is 13.6. The third kappa shape index (κ3) is 3.33. The third-order valence-corrected chi connectivity index (χ3v) is 4.76. The summed E-state index contributed by atoms with van der Waals surface area (Å²) in [4.78, 5) is 12.9. The zero-order chi connectivity index (χ0) is 19.7. The van der Waals surface area contributed by atoms with E-state index in [2.05, 4.69) is 20.3 Å². The van der Waals surface area contributed by atoms with Gasteiger partial charge in [0.05, 0.1) is 26.1 Å². The van der Waals surface area contributed by atoms with Crippen molar-refractivity contribution >= 4 is 17.0 Å². The molecule has 2 aromatic heterocycles. The van der Waals surface area contributed by atoms with Gasteiger partial charge >= 0.3 is 0 Å². The molecule has 0 saturated carbocycles. The van der Waals surface area contributed by atoms with Gasteiger partial charge in [-0.1, -0.05) is 6.07 Å². The molecule has 3 heterocycles. The van der Waals surface area contributed by atoms with Gasteiger partial charge in [-0.25, -0.2) is 15.0 Å². The van der Waals surface area contributed by atoms with E-state index in [1.807, 2.05) is 0 Å². The van der Waals surface area contributed by atoms with Gasteiger partial charge in [-0.2, -0.15) is 0 Å². The number of imidazole rings is 1. The summed E-state index contributed by atoms with van der Waals surface area (Å²) < 4.78 is 12.5. The molecule has 1 fully saturated rings. The summed E-state index contributed by atoms with van der Waals surface area (Å²) in [5.74, 6) is 1.02. The summed E-state index contributed by atoms with van der Waals surface area (Å²) in [5, 5.41) is 32.1. The van der Waals surface area contributed by atoms with Crippen LogP contribution in [0.2, 0.25) is 0 Å². The first-order valence-electron chi connectivity index (χ1n) is 8.82. The molecular formula is C18H21N5O5. The fraction of sp³-hybridized carbons (Fsp3) is 0.389. The molecule has 4 N–H and O–H groups in total. The van der Waals surface area contributed by atoms with Crippen molar-refractivity contribution < 1.29 is 24.8 Å². The van der Waals surface area contributed by atoms with Crippen molar-refractivity contribution in [3.63, 3.8) is 0 Å². The van der Waals surface area contributed by atoms with Crippen molar-refractivity contribution in [2.24, 2.45) is 0 Å². The number of fused-ring (bicyclic) bond motifs is 1. The molecule has 10 nitrogen and oxygen atoms in total. The maximum atomic E-state index is 9.97. The number of aliphatic hydroxyl groups excluding tert-OH is 2. The molecule has 0 amide bonds. The summed E-state index contributed by atoms with van der Waals surface area (Å²) in [6.07, 6.45) is 1.54. The van der Waals surface area contributed by atoms with Gasteiger partial charge in [0.15, 0.2) is 28.5 Å². The maximum absolute atomic E-state index is 9.97. The average molecular weight is 387 g/mol. The number of benzene rings is 1. The zero-order valence-electron chi connectivity index (χ0n) is 15.2. The van der Waals surface area contributed by atoms with Gasteiger partial charge < -0.3 is 30.1 Å². The molecule has 1 aliphatic heterocycles. The Hall–Kier alpha value is -2.95. The molecule has 0 unspecified atom stereocenters. The highest BCUT2D eigenvalue weighted by molar-refractivity contribution is 5.82. The molecule has 0 radical (unpaired) electrons. The Bertz CT molecular complexity index is 978. The lowest BCUT2D eigenvalue weighted by atomic mass is 10.2. The quantitative estimate of drug-likeness (QED) is 0.484. The number of nitrogens with zero attached hydrogens (tertiary/aromatic N) is 4. The van der Waals surface area contributed by atoms with Crippen molar-refractivity contribution in [3.05, 3.63) is 36.4 Å². The number of ether oxygens (including phenoxy) is 2. The number of hydrogen-bond acceptors (Lipinski definition) is 9. The predicted molar refractivity (Wildman–Crippen MR) is 98.9 cm³/mol. The van der Waals surface area contributed by atoms with Gasteiger partial charge in [0.1, 0.15) is 18.7 Å². The minimum absolute atomic E-state index is 0.0781. The van der Waals surface area contributed by atoms with Crippen molar-refractivity contribution in [1.29, 1.82) is 0 Å². The second kappa shape index (κ2) is 7.58. The number of phenols is 1. The molecule has 0 spiro atoms. The van der Waals surface area contributed by atoms with Crippen molar-refractivity contribution in [1.82, 2.24) is 19.5 Å². The molecule has 1 aromatic carbocycles. The van der Waals surface area contributed by atoms with E-state index in [0.29, 0.717) is 35.7 Å². The zero-order valence-corrected chi connectivity index (χ0v) is 15.2. The van der Waals surface area contributed by atoms with Crippen LogP contribution >= 0.6 is 0 Å². The van der Waals surface area contributed by atoms with Crippen LogP contribution in [0.15, 0.2) is 30.9 Å². The number of nitrogens with one attached hydrogen (secondary N) is 1. The molecule has 148 valence electrons. The van der Waals surface area contributed by atoms with E-state index in [-0.39, 0.29) is 12.4 Å². The Morgan fingerprint density at radius 2 is 2.18 bits per heavy atom. The van der Waals surface area contributed by atoms with Crippen LogP contribution in [0.4, 0.5) is 5.82 Å². The number of aromatic nitrogens is 4. The van der Waals surface area contributed by atoms with Gasteiger partial charge in [-0.05, 0) is 17.7 Å². The van der Waals surface area contributed by atoms with Gasteiger partial charge in [0.25, 0.3) is 0 Å². The standard InChI is InChI=1S/C18H21N5O5/c1-27-13-4-10(2-3-11(13)25)6-19-17-16-18(21-8-20-17)23(9-22-16)15-5-12(26)14(7-24)28-15/h2-4,8-9,12,14-15,24-26H,5-7H2,1H3,(H,19,20,21)/t12-,14+,15+/m0/s1. The molecule has 4 rings (SSSR count). The Balaban J connectivity index is 1.55. The lowest BCUT2D eigenvalue weighted by molar-refractivity contribution is -0.0432. The summed E-state index contributed by atoms with van der Waals surface area (Å²) in [5.41, 5.74) is 2.03. The van der Waals surface area contributed by atoms with Crippen molar-refractivity contribution in [3.8, 4) is 11.5 Å². The molecule has 3 atom stereocenters. The number of aliphatic hydroxyl groups is 2. The maximum Gasteiger partial charge on any atom is 0.167 e.